The maximum absolute atomic E-state index is 12.4. The van der Waals surface area contributed by atoms with Gasteiger partial charge in [0.25, 0.3) is 17.3 Å². The van der Waals surface area contributed by atoms with Crippen LogP contribution in [0, 0.1) is 20.2 Å². The van der Waals surface area contributed by atoms with Gasteiger partial charge in [0.1, 0.15) is 18.0 Å². The number of amides is 1. The Morgan fingerprint density at radius 3 is 2.19 bits per heavy atom. The van der Waals surface area contributed by atoms with Crippen LogP contribution in [0.1, 0.15) is 23.2 Å². The summed E-state index contributed by atoms with van der Waals surface area (Å²) >= 11 is 0. The number of carbonyl (C=O) groups is 1. The van der Waals surface area contributed by atoms with Crippen LogP contribution in [0.2, 0.25) is 0 Å². The number of carbonyl (C=O) groups excluding carboxylic acids is 1. The molecule has 1 N–H and O–H groups in total. The summed E-state index contributed by atoms with van der Waals surface area (Å²) in [5.41, 5.74) is -1.28. The minimum atomic E-state index is -0.792. The third-order valence-electron chi connectivity index (χ3n) is 3.91. The first-order valence-electron chi connectivity index (χ1n) is 7.76. The zero-order valence-electron chi connectivity index (χ0n) is 13.5. The van der Waals surface area contributed by atoms with Crippen LogP contribution in [-0.2, 0) is 0 Å². The highest BCUT2D eigenvalue weighted by Gasteiger charge is 2.21. The molecule has 11 heteroatoms. The second kappa shape index (κ2) is 7.09. The molecule has 1 aromatic heterocycles. The fraction of sp³-hybridized carbons (Fsp3) is 0.267. The van der Waals surface area contributed by atoms with E-state index >= 15 is 0 Å². The zero-order chi connectivity index (χ0) is 18.7. The van der Waals surface area contributed by atoms with Gasteiger partial charge in [-0.25, -0.2) is 9.97 Å². The van der Waals surface area contributed by atoms with E-state index in [0.29, 0.717) is 5.82 Å². The van der Waals surface area contributed by atoms with Gasteiger partial charge in [-0.3, -0.25) is 25.0 Å². The van der Waals surface area contributed by atoms with Gasteiger partial charge in [0.15, 0.2) is 0 Å². The number of nitro groups is 2. The predicted molar refractivity (Wildman–Crippen MR) is 91.2 cm³/mol. The van der Waals surface area contributed by atoms with Crippen molar-refractivity contribution in [3.05, 3.63) is 56.4 Å². The summed E-state index contributed by atoms with van der Waals surface area (Å²) in [5.74, 6) is 0.141. The molecule has 3 rings (SSSR count). The summed E-state index contributed by atoms with van der Waals surface area (Å²) in [4.78, 5) is 42.8. The van der Waals surface area contributed by atoms with Crippen LogP contribution in [0.4, 0.5) is 23.0 Å². The number of hydrogen-bond donors (Lipinski definition) is 1. The van der Waals surface area contributed by atoms with Gasteiger partial charge in [-0.05, 0) is 12.8 Å². The first-order chi connectivity index (χ1) is 12.4. The number of aromatic nitrogens is 2. The van der Waals surface area contributed by atoms with Crippen molar-refractivity contribution in [2.24, 2.45) is 0 Å². The molecule has 1 aliphatic heterocycles. The highest BCUT2D eigenvalue weighted by atomic mass is 16.6. The Kier molecular flexibility index (Phi) is 4.69. The van der Waals surface area contributed by atoms with Crippen LogP contribution in [0.5, 0.6) is 0 Å². The topological polar surface area (TPSA) is 144 Å². The summed E-state index contributed by atoms with van der Waals surface area (Å²) in [6.07, 6.45) is 3.42. The summed E-state index contributed by atoms with van der Waals surface area (Å²) in [7, 11) is 0. The summed E-state index contributed by atoms with van der Waals surface area (Å²) in [6.45, 7) is 1.73. The Morgan fingerprint density at radius 1 is 1.00 bits per heavy atom. The molecule has 11 nitrogen and oxygen atoms in total. The van der Waals surface area contributed by atoms with Crippen molar-refractivity contribution in [1.29, 1.82) is 0 Å². The average molecular weight is 358 g/mol. The molecule has 1 fully saturated rings. The van der Waals surface area contributed by atoms with Crippen molar-refractivity contribution in [3.8, 4) is 0 Å². The molecule has 1 saturated heterocycles. The van der Waals surface area contributed by atoms with Crippen LogP contribution < -0.4 is 10.2 Å². The van der Waals surface area contributed by atoms with E-state index in [0.717, 1.165) is 44.1 Å². The Hall–Kier alpha value is -3.63. The van der Waals surface area contributed by atoms with E-state index in [1.165, 1.54) is 6.33 Å². The number of anilines is 2. The molecular weight excluding hydrogens is 344 g/mol. The Morgan fingerprint density at radius 2 is 1.62 bits per heavy atom. The number of nitro benzene ring substituents is 2. The van der Waals surface area contributed by atoms with Gasteiger partial charge in [0.2, 0.25) is 0 Å². The smallest absolute Gasteiger partial charge is 0.277 e. The zero-order valence-corrected chi connectivity index (χ0v) is 13.5. The summed E-state index contributed by atoms with van der Waals surface area (Å²) < 4.78 is 0. The van der Waals surface area contributed by atoms with E-state index in [1.807, 2.05) is 0 Å². The van der Waals surface area contributed by atoms with Crippen molar-refractivity contribution in [2.45, 2.75) is 12.8 Å². The fourth-order valence-corrected chi connectivity index (χ4v) is 2.66. The number of nitrogens with one attached hydrogen (secondary N) is 1. The first kappa shape index (κ1) is 17.2. The van der Waals surface area contributed by atoms with Gasteiger partial charge in [0.05, 0.1) is 21.5 Å². The molecule has 0 bridgehead atoms. The molecule has 1 aliphatic rings. The Labute approximate surface area is 147 Å². The molecule has 1 aromatic carbocycles. The van der Waals surface area contributed by atoms with Crippen molar-refractivity contribution in [1.82, 2.24) is 9.97 Å². The first-order valence-corrected chi connectivity index (χ1v) is 7.76. The largest absolute Gasteiger partial charge is 0.356 e. The van der Waals surface area contributed by atoms with E-state index in [-0.39, 0.29) is 11.4 Å². The van der Waals surface area contributed by atoms with E-state index in [9.17, 15) is 25.0 Å². The van der Waals surface area contributed by atoms with Gasteiger partial charge in [0, 0.05) is 31.3 Å². The van der Waals surface area contributed by atoms with Crippen LogP contribution in [0.3, 0.4) is 0 Å². The Bertz CT molecular complexity index is 848. The van der Waals surface area contributed by atoms with Gasteiger partial charge in [-0.2, -0.15) is 0 Å². The van der Waals surface area contributed by atoms with Crippen molar-refractivity contribution in [2.75, 3.05) is 23.3 Å². The van der Waals surface area contributed by atoms with Crippen molar-refractivity contribution < 1.29 is 14.6 Å². The number of rotatable bonds is 5. The van der Waals surface area contributed by atoms with E-state index in [4.69, 9.17) is 0 Å². The standard InChI is InChI=1S/C15H14N6O5/c22-15(10-5-11(20(23)24)7-12(6-10)21(25)26)18-13-8-14(17-9-16-13)19-3-1-2-4-19/h5-9H,1-4H2,(H,16,17,18,22). The predicted octanol–water partition coefficient (Wildman–Crippen LogP) is 2.15. The third kappa shape index (κ3) is 3.71. The molecule has 2 aromatic rings. The molecule has 0 saturated carbocycles. The van der Waals surface area contributed by atoms with Crippen LogP contribution in [0.15, 0.2) is 30.6 Å². The molecule has 0 spiro atoms. The minimum Gasteiger partial charge on any atom is -0.356 e. The minimum absolute atomic E-state index is 0.202. The second-order valence-corrected chi connectivity index (χ2v) is 5.66. The van der Waals surface area contributed by atoms with Crippen LogP contribution in [-0.4, -0.2) is 38.8 Å². The molecule has 134 valence electrons. The lowest BCUT2D eigenvalue weighted by Gasteiger charge is -2.16. The molecule has 26 heavy (non-hydrogen) atoms. The van der Waals surface area contributed by atoms with Crippen molar-refractivity contribution in [3.63, 3.8) is 0 Å². The monoisotopic (exact) mass is 358 g/mol. The van der Waals surface area contributed by atoms with Gasteiger partial charge in [-0.1, -0.05) is 0 Å². The molecule has 0 unspecified atom stereocenters. The number of hydrogen-bond acceptors (Lipinski definition) is 8. The molecule has 0 radical (unpaired) electrons. The molecular formula is C15H14N6O5. The van der Waals surface area contributed by atoms with Gasteiger partial charge >= 0.3 is 0 Å². The van der Waals surface area contributed by atoms with Crippen molar-refractivity contribution >= 4 is 28.9 Å². The van der Waals surface area contributed by atoms with Crippen LogP contribution in [0.25, 0.3) is 0 Å². The van der Waals surface area contributed by atoms with E-state index in [2.05, 4.69) is 20.2 Å². The molecule has 1 amide bonds. The fourth-order valence-electron chi connectivity index (χ4n) is 2.66. The van der Waals surface area contributed by atoms with Gasteiger partial charge < -0.3 is 10.2 Å². The van der Waals surface area contributed by atoms with Crippen LogP contribution >= 0.6 is 0 Å². The maximum atomic E-state index is 12.4. The maximum Gasteiger partial charge on any atom is 0.277 e. The molecule has 0 atom stereocenters. The number of benzene rings is 1. The molecule has 2 heterocycles. The summed E-state index contributed by atoms with van der Waals surface area (Å²) in [6, 6.07) is 4.34. The molecule has 0 aliphatic carbocycles. The lowest BCUT2D eigenvalue weighted by Crippen LogP contribution is -2.20. The lowest BCUT2D eigenvalue weighted by atomic mass is 10.1. The SMILES string of the molecule is O=C(Nc1cc(N2CCCC2)ncn1)c1cc([N+](=O)[O-])cc([N+](=O)[O-])c1. The van der Waals surface area contributed by atoms with E-state index < -0.39 is 27.1 Å². The van der Waals surface area contributed by atoms with E-state index in [1.54, 1.807) is 6.07 Å². The second-order valence-electron chi connectivity index (χ2n) is 5.66. The number of non-ortho nitro benzene ring substituents is 2. The average Bonchev–Trinajstić information content (AvgIpc) is 3.16. The highest BCUT2D eigenvalue weighted by Crippen LogP contribution is 2.24. The normalized spacial score (nSPS) is 13.5. The Balaban J connectivity index is 1.85. The quantitative estimate of drug-likeness (QED) is 0.632. The highest BCUT2D eigenvalue weighted by molar-refractivity contribution is 6.04. The van der Waals surface area contributed by atoms with Gasteiger partial charge in [-0.15, -0.1) is 0 Å². The third-order valence-corrected chi connectivity index (χ3v) is 3.91. The number of nitrogens with zero attached hydrogens (tertiary/aromatic N) is 5. The summed E-state index contributed by atoms with van der Waals surface area (Å²) in [5, 5.41) is 24.3. The lowest BCUT2D eigenvalue weighted by molar-refractivity contribution is -0.394.